The molecule has 0 aromatic carbocycles. The number of aromatic nitrogens is 2. The molecule has 0 bridgehead atoms. The Balaban J connectivity index is 2.67. The average molecular weight is 190 g/mol. The smallest absolute Gasteiger partial charge is 0.356 e. The minimum Gasteiger partial charge on any atom is -0.464 e. The van der Waals surface area contributed by atoms with E-state index in [4.69, 9.17) is 0 Å². The third-order valence-electron chi connectivity index (χ3n) is 2.05. The van der Waals surface area contributed by atoms with Crippen LogP contribution >= 0.6 is 0 Å². The average Bonchev–Trinajstić information content (AvgIpc) is 2.59. The number of imidazole rings is 1. The molecule has 0 aliphatic carbocycles. The molecule has 0 amide bonds. The van der Waals surface area contributed by atoms with Crippen LogP contribution in [-0.2, 0) is 4.74 Å². The first-order valence-electron chi connectivity index (χ1n) is 4.24. The van der Waals surface area contributed by atoms with Crippen molar-refractivity contribution in [3.05, 3.63) is 35.8 Å². The Morgan fingerprint density at radius 3 is 3.00 bits per heavy atom. The molecule has 0 radical (unpaired) electrons. The number of nitrogens with zero attached hydrogens (tertiary/aromatic N) is 2. The first kappa shape index (κ1) is 8.74. The Hall–Kier alpha value is -1.84. The minimum absolute atomic E-state index is 0.372. The number of ether oxygens (including phenoxy) is 1. The lowest BCUT2D eigenvalue weighted by molar-refractivity contribution is 0.0593. The predicted molar refractivity (Wildman–Crippen MR) is 51.3 cm³/mol. The third kappa shape index (κ3) is 1.25. The van der Waals surface area contributed by atoms with E-state index >= 15 is 0 Å². The Labute approximate surface area is 81.1 Å². The van der Waals surface area contributed by atoms with Crippen molar-refractivity contribution in [3.63, 3.8) is 0 Å². The van der Waals surface area contributed by atoms with Gasteiger partial charge in [-0.2, -0.15) is 0 Å². The molecular formula is C10H10N2O2. The second-order valence-electron chi connectivity index (χ2n) is 3.07. The van der Waals surface area contributed by atoms with E-state index in [0.717, 1.165) is 11.2 Å². The van der Waals surface area contributed by atoms with E-state index in [-0.39, 0.29) is 5.97 Å². The van der Waals surface area contributed by atoms with E-state index in [1.165, 1.54) is 13.3 Å². The van der Waals surface area contributed by atoms with Gasteiger partial charge < -0.3 is 4.74 Å². The number of carbonyl (C=O) groups is 1. The molecule has 0 spiro atoms. The fraction of sp³-hybridized carbons (Fsp3) is 0.200. The number of hydrogen-bond acceptors (Lipinski definition) is 3. The van der Waals surface area contributed by atoms with Gasteiger partial charge in [-0.15, -0.1) is 0 Å². The Morgan fingerprint density at radius 1 is 1.50 bits per heavy atom. The van der Waals surface area contributed by atoms with Crippen molar-refractivity contribution in [1.29, 1.82) is 0 Å². The van der Waals surface area contributed by atoms with E-state index in [2.05, 4.69) is 9.72 Å². The van der Waals surface area contributed by atoms with Crippen LogP contribution in [0.5, 0.6) is 0 Å². The summed E-state index contributed by atoms with van der Waals surface area (Å²) in [5, 5.41) is 0. The fourth-order valence-corrected chi connectivity index (χ4v) is 1.34. The van der Waals surface area contributed by atoms with Crippen LogP contribution in [0.1, 0.15) is 16.1 Å². The topological polar surface area (TPSA) is 43.6 Å². The van der Waals surface area contributed by atoms with E-state index in [1.807, 2.05) is 25.3 Å². The van der Waals surface area contributed by atoms with Crippen molar-refractivity contribution in [2.24, 2.45) is 0 Å². The van der Waals surface area contributed by atoms with Crippen molar-refractivity contribution in [1.82, 2.24) is 9.38 Å². The lowest BCUT2D eigenvalue weighted by atomic mass is 10.3. The molecule has 0 fully saturated rings. The van der Waals surface area contributed by atoms with Gasteiger partial charge in [-0.3, -0.25) is 4.40 Å². The van der Waals surface area contributed by atoms with Crippen LogP contribution in [-0.4, -0.2) is 22.5 Å². The van der Waals surface area contributed by atoms with E-state index < -0.39 is 0 Å². The second-order valence-corrected chi connectivity index (χ2v) is 3.07. The van der Waals surface area contributed by atoms with Crippen molar-refractivity contribution in [2.75, 3.05) is 7.11 Å². The number of esters is 1. The SMILES string of the molecule is COC(=O)c1cnc2ccc(C)cn12. The van der Waals surface area contributed by atoms with E-state index in [9.17, 15) is 4.79 Å². The van der Waals surface area contributed by atoms with E-state index in [1.54, 1.807) is 4.40 Å². The molecule has 2 rings (SSSR count). The molecule has 4 nitrogen and oxygen atoms in total. The number of fused-ring (bicyclic) bond motifs is 1. The monoisotopic (exact) mass is 190 g/mol. The van der Waals surface area contributed by atoms with Gasteiger partial charge in [-0.25, -0.2) is 9.78 Å². The summed E-state index contributed by atoms with van der Waals surface area (Å²) in [6.07, 6.45) is 3.37. The van der Waals surface area contributed by atoms with E-state index in [0.29, 0.717) is 5.69 Å². The summed E-state index contributed by atoms with van der Waals surface area (Å²) in [7, 11) is 1.36. The fourth-order valence-electron chi connectivity index (χ4n) is 1.34. The number of methoxy groups -OCH3 is 1. The maximum Gasteiger partial charge on any atom is 0.356 e. The summed E-state index contributed by atoms with van der Waals surface area (Å²) >= 11 is 0. The maximum atomic E-state index is 11.3. The molecule has 2 aromatic heterocycles. The standard InChI is InChI=1S/C10H10N2O2/c1-7-3-4-9-11-5-8(10(13)14-2)12(9)6-7/h3-6H,1-2H3. The van der Waals surface area contributed by atoms with Gasteiger partial charge in [0.15, 0.2) is 5.69 Å². The van der Waals surface area contributed by atoms with Gasteiger partial charge in [-0.1, -0.05) is 6.07 Å². The van der Waals surface area contributed by atoms with Gasteiger partial charge in [0.1, 0.15) is 5.65 Å². The van der Waals surface area contributed by atoms with Crippen molar-refractivity contribution in [2.45, 2.75) is 6.92 Å². The largest absolute Gasteiger partial charge is 0.464 e. The van der Waals surface area contributed by atoms with Crippen LogP contribution in [0.4, 0.5) is 0 Å². The highest BCUT2D eigenvalue weighted by Gasteiger charge is 2.11. The normalized spacial score (nSPS) is 10.4. The highest BCUT2D eigenvalue weighted by Crippen LogP contribution is 2.09. The van der Waals surface area contributed by atoms with Crippen LogP contribution in [0, 0.1) is 6.92 Å². The highest BCUT2D eigenvalue weighted by atomic mass is 16.5. The number of rotatable bonds is 1. The van der Waals surface area contributed by atoms with Gasteiger partial charge in [0.05, 0.1) is 13.3 Å². The van der Waals surface area contributed by atoms with Gasteiger partial charge in [0.25, 0.3) is 0 Å². The highest BCUT2D eigenvalue weighted by molar-refractivity contribution is 5.88. The zero-order chi connectivity index (χ0) is 10.1. The molecule has 0 N–H and O–H groups in total. The molecule has 0 unspecified atom stereocenters. The molecule has 0 atom stereocenters. The number of pyridine rings is 1. The zero-order valence-electron chi connectivity index (χ0n) is 8.02. The Kier molecular flexibility index (Phi) is 1.96. The summed E-state index contributed by atoms with van der Waals surface area (Å²) in [6.45, 7) is 1.96. The molecule has 2 heterocycles. The lowest BCUT2D eigenvalue weighted by Gasteiger charge is -2.00. The summed E-state index contributed by atoms with van der Waals surface area (Å²) in [6, 6.07) is 3.81. The van der Waals surface area contributed by atoms with Gasteiger partial charge in [0, 0.05) is 6.20 Å². The molecule has 4 heteroatoms. The van der Waals surface area contributed by atoms with Crippen molar-refractivity contribution >= 4 is 11.6 Å². The lowest BCUT2D eigenvalue weighted by Crippen LogP contribution is -2.05. The zero-order valence-corrected chi connectivity index (χ0v) is 8.02. The van der Waals surface area contributed by atoms with Crippen LogP contribution < -0.4 is 0 Å². The minimum atomic E-state index is -0.372. The predicted octanol–water partition coefficient (Wildman–Crippen LogP) is 1.43. The molecule has 14 heavy (non-hydrogen) atoms. The summed E-state index contributed by atoms with van der Waals surface area (Å²) < 4.78 is 6.37. The number of hydrogen-bond donors (Lipinski definition) is 0. The third-order valence-corrected chi connectivity index (χ3v) is 2.05. The molecule has 0 aliphatic heterocycles. The molecule has 0 saturated heterocycles. The number of carbonyl (C=O) groups excluding carboxylic acids is 1. The molecular weight excluding hydrogens is 180 g/mol. The first-order chi connectivity index (χ1) is 6.72. The summed E-state index contributed by atoms with van der Waals surface area (Å²) in [5.41, 5.74) is 2.27. The Bertz CT molecular complexity index is 488. The first-order valence-corrected chi connectivity index (χ1v) is 4.24. The van der Waals surface area contributed by atoms with Crippen LogP contribution in [0.25, 0.3) is 5.65 Å². The maximum absolute atomic E-state index is 11.3. The van der Waals surface area contributed by atoms with Crippen molar-refractivity contribution in [3.8, 4) is 0 Å². The number of aryl methyl sites for hydroxylation is 1. The molecule has 0 saturated carbocycles. The summed E-state index contributed by atoms with van der Waals surface area (Å²) in [5.74, 6) is -0.372. The van der Waals surface area contributed by atoms with Gasteiger partial charge in [-0.05, 0) is 18.6 Å². The van der Waals surface area contributed by atoms with Crippen molar-refractivity contribution < 1.29 is 9.53 Å². The van der Waals surface area contributed by atoms with Gasteiger partial charge >= 0.3 is 5.97 Å². The molecule has 0 aliphatic rings. The second kappa shape index (κ2) is 3.14. The van der Waals surface area contributed by atoms with Crippen LogP contribution in [0.3, 0.4) is 0 Å². The molecule has 2 aromatic rings. The summed E-state index contributed by atoms with van der Waals surface area (Å²) in [4.78, 5) is 15.4. The van der Waals surface area contributed by atoms with Crippen LogP contribution in [0.15, 0.2) is 24.5 Å². The van der Waals surface area contributed by atoms with Gasteiger partial charge in [0.2, 0.25) is 0 Å². The quantitative estimate of drug-likeness (QED) is 0.639. The Morgan fingerprint density at radius 2 is 2.29 bits per heavy atom. The van der Waals surface area contributed by atoms with Crippen LogP contribution in [0.2, 0.25) is 0 Å². The molecule has 72 valence electrons.